The Morgan fingerprint density at radius 1 is 1.22 bits per heavy atom. The molecular formula is C11H11FIN5. The van der Waals surface area contributed by atoms with Gasteiger partial charge in [0, 0.05) is 9.64 Å². The highest BCUT2D eigenvalue weighted by atomic mass is 127. The van der Waals surface area contributed by atoms with Crippen LogP contribution in [-0.4, -0.2) is 9.97 Å². The fourth-order valence-electron chi connectivity index (χ4n) is 1.43. The third-order valence-corrected chi connectivity index (χ3v) is 3.07. The third-order valence-electron chi connectivity index (χ3n) is 2.18. The number of nitrogens with zero attached hydrogens (tertiary/aromatic N) is 2. The average Bonchev–Trinajstić information content (AvgIpc) is 2.32. The zero-order chi connectivity index (χ0) is 13.1. The van der Waals surface area contributed by atoms with Crippen molar-refractivity contribution in [2.24, 2.45) is 5.84 Å². The molecule has 94 valence electrons. The molecule has 0 unspecified atom stereocenters. The zero-order valence-corrected chi connectivity index (χ0v) is 11.7. The summed E-state index contributed by atoms with van der Waals surface area (Å²) < 4.78 is 13.8. The first-order chi connectivity index (χ1) is 8.58. The SMILES string of the molecule is Cc1nc(NN)cc(Nc2ccc(F)cc2I)n1. The van der Waals surface area contributed by atoms with E-state index >= 15 is 0 Å². The van der Waals surface area contributed by atoms with Gasteiger partial charge in [0.2, 0.25) is 0 Å². The van der Waals surface area contributed by atoms with E-state index in [-0.39, 0.29) is 5.82 Å². The molecule has 2 rings (SSSR count). The second-order valence-corrected chi connectivity index (χ2v) is 4.74. The lowest BCUT2D eigenvalue weighted by atomic mass is 10.3. The van der Waals surface area contributed by atoms with E-state index in [0.29, 0.717) is 17.5 Å². The number of rotatable bonds is 3. The van der Waals surface area contributed by atoms with Crippen molar-refractivity contribution in [2.75, 3.05) is 10.7 Å². The Balaban J connectivity index is 2.30. The van der Waals surface area contributed by atoms with Crippen LogP contribution in [0.5, 0.6) is 0 Å². The average molecular weight is 359 g/mol. The molecule has 0 fully saturated rings. The molecule has 4 N–H and O–H groups in total. The van der Waals surface area contributed by atoms with Crippen molar-refractivity contribution in [1.82, 2.24) is 9.97 Å². The first kappa shape index (κ1) is 13.0. The molecule has 7 heteroatoms. The van der Waals surface area contributed by atoms with Crippen LogP contribution in [0.3, 0.4) is 0 Å². The van der Waals surface area contributed by atoms with Gasteiger partial charge in [-0.25, -0.2) is 20.2 Å². The molecule has 2 aromatic rings. The monoisotopic (exact) mass is 359 g/mol. The van der Waals surface area contributed by atoms with Crippen LogP contribution in [0.25, 0.3) is 0 Å². The van der Waals surface area contributed by atoms with Crippen molar-refractivity contribution in [3.63, 3.8) is 0 Å². The number of aromatic nitrogens is 2. The van der Waals surface area contributed by atoms with Crippen molar-refractivity contribution in [1.29, 1.82) is 0 Å². The van der Waals surface area contributed by atoms with Crippen LogP contribution in [0.4, 0.5) is 21.7 Å². The lowest BCUT2D eigenvalue weighted by molar-refractivity contribution is 0.627. The summed E-state index contributed by atoms with van der Waals surface area (Å²) >= 11 is 2.05. The van der Waals surface area contributed by atoms with Gasteiger partial charge in [-0.3, -0.25) is 0 Å². The van der Waals surface area contributed by atoms with Crippen molar-refractivity contribution >= 4 is 39.9 Å². The number of halogens is 2. The van der Waals surface area contributed by atoms with Gasteiger partial charge in [-0.2, -0.15) is 0 Å². The van der Waals surface area contributed by atoms with Crippen molar-refractivity contribution < 1.29 is 4.39 Å². The topological polar surface area (TPSA) is 75.9 Å². The number of anilines is 3. The van der Waals surface area contributed by atoms with Gasteiger partial charge in [0.15, 0.2) is 0 Å². The summed E-state index contributed by atoms with van der Waals surface area (Å²) in [6.45, 7) is 1.77. The molecule has 0 aliphatic rings. The van der Waals surface area contributed by atoms with E-state index in [1.165, 1.54) is 12.1 Å². The highest BCUT2D eigenvalue weighted by Gasteiger charge is 2.05. The Bertz CT molecular complexity index is 575. The number of hydrogen-bond donors (Lipinski definition) is 3. The molecule has 1 aromatic carbocycles. The van der Waals surface area contributed by atoms with Gasteiger partial charge in [0.25, 0.3) is 0 Å². The van der Waals surface area contributed by atoms with E-state index in [1.54, 1.807) is 19.1 Å². The van der Waals surface area contributed by atoms with Gasteiger partial charge in [-0.1, -0.05) is 0 Å². The Labute approximate surface area is 117 Å². The number of nitrogen functional groups attached to an aromatic ring is 1. The quantitative estimate of drug-likeness (QED) is 0.446. The molecule has 5 nitrogen and oxygen atoms in total. The van der Waals surface area contributed by atoms with Gasteiger partial charge in [-0.15, -0.1) is 0 Å². The van der Waals surface area contributed by atoms with E-state index in [1.807, 2.05) is 0 Å². The summed E-state index contributed by atoms with van der Waals surface area (Å²) in [6.07, 6.45) is 0. The van der Waals surface area contributed by atoms with Crippen LogP contribution in [-0.2, 0) is 0 Å². The second kappa shape index (κ2) is 5.44. The van der Waals surface area contributed by atoms with E-state index in [9.17, 15) is 4.39 Å². The lowest BCUT2D eigenvalue weighted by Crippen LogP contribution is -2.10. The number of benzene rings is 1. The maximum Gasteiger partial charge on any atom is 0.145 e. The van der Waals surface area contributed by atoms with Crippen LogP contribution in [0, 0.1) is 16.3 Å². The summed E-state index contributed by atoms with van der Waals surface area (Å²) in [5, 5.41) is 3.09. The Morgan fingerprint density at radius 2 is 1.94 bits per heavy atom. The number of nitrogens with two attached hydrogens (primary N) is 1. The molecule has 0 spiro atoms. The van der Waals surface area contributed by atoms with Gasteiger partial charge < -0.3 is 10.7 Å². The third kappa shape index (κ3) is 3.05. The van der Waals surface area contributed by atoms with Crippen LogP contribution in [0.1, 0.15) is 5.82 Å². The van der Waals surface area contributed by atoms with Crippen LogP contribution in [0.15, 0.2) is 24.3 Å². The maximum absolute atomic E-state index is 13.0. The molecule has 0 saturated heterocycles. The maximum atomic E-state index is 13.0. The minimum absolute atomic E-state index is 0.270. The Kier molecular flexibility index (Phi) is 3.92. The normalized spacial score (nSPS) is 10.2. The van der Waals surface area contributed by atoms with Crippen LogP contribution in [0.2, 0.25) is 0 Å². The molecule has 0 saturated carbocycles. The van der Waals surface area contributed by atoms with E-state index in [2.05, 4.69) is 43.3 Å². The summed E-state index contributed by atoms with van der Waals surface area (Å²) in [6, 6.07) is 6.16. The summed E-state index contributed by atoms with van der Waals surface area (Å²) in [5.74, 6) is 6.74. The molecular weight excluding hydrogens is 348 g/mol. The standard InChI is InChI=1S/C11H11FIN5/c1-6-15-10(5-11(16-6)18-14)17-9-3-2-7(12)4-8(9)13/h2-5H,14H2,1H3,(H2,15,16,17,18). The summed E-state index contributed by atoms with van der Waals surface area (Å²) in [4.78, 5) is 8.31. The molecule has 0 bridgehead atoms. The summed E-state index contributed by atoms with van der Waals surface area (Å²) in [7, 11) is 0. The smallest absolute Gasteiger partial charge is 0.145 e. The molecule has 0 aliphatic heterocycles. The fourth-order valence-corrected chi connectivity index (χ4v) is 2.05. The molecule has 0 radical (unpaired) electrons. The van der Waals surface area contributed by atoms with E-state index < -0.39 is 0 Å². The number of hydrazine groups is 1. The molecule has 1 aromatic heterocycles. The first-order valence-corrected chi connectivity index (χ1v) is 6.21. The van der Waals surface area contributed by atoms with Crippen LogP contribution < -0.4 is 16.6 Å². The molecule has 1 heterocycles. The predicted molar refractivity (Wildman–Crippen MR) is 77.0 cm³/mol. The van der Waals surface area contributed by atoms with Gasteiger partial charge in [-0.05, 0) is 47.7 Å². The lowest BCUT2D eigenvalue weighted by Gasteiger charge is -2.09. The number of nitrogens with one attached hydrogen (secondary N) is 2. The molecule has 0 amide bonds. The Morgan fingerprint density at radius 3 is 2.61 bits per heavy atom. The minimum atomic E-state index is -0.270. The molecule has 0 atom stereocenters. The number of hydrogen-bond acceptors (Lipinski definition) is 5. The van der Waals surface area contributed by atoms with E-state index in [0.717, 1.165) is 9.26 Å². The van der Waals surface area contributed by atoms with Crippen LogP contribution >= 0.6 is 22.6 Å². The zero-order valence-electron chi connectivity index (χ0n) is 9.54. The van der Waals surface area contributed by atoms with Crippen molar-refractivity contribution in [2.45, 2.75) is 6.92 Å². The van der Waals surface area contributed by atoms with Gasteiger partial charge in [0.1, 0.15) is 23.3 Å². The van der Waals surface area contributed by atoms with Gasteiger partial charge >= 0.3 is 0 Å². The highest BCUT2D eigenvalue weighted by Crippen LogP contribution is 2.23. The first-order valence-electron chi connectivity index (χ1n) is 5.13. The second-order valence-electron chi connectivity index (χ2n) is 3.58. The predicted octanol–water partition coefficient (Wildman–Crippen LogP) is 2.56. The highest BCUT2D eigenvalue weighted by molar-refractivity contribution is 14.1. The molecule has 18 heavy (non-hydrogen) atoms. The molecule has 0 aliphatic carbocycles. The van der Waals surface area contributed by atoms with Gasteiger partial charge in [0.05, 0.1) is 5.69 Å². The van der Waals surface area contributed by atoms with E-state index in [4.69, 9.17) is 5.84 Å². The summed E-state index contributed by atoms with van der Waals surface area (Å²) in [5.41, 5.74) is 3.24. The minimum Gasteiger partial charge on any atom is -0.339 e. The van der Waals surface area contributed by atoms with Crippen molar-refractivity contribution in [3.05, 3.63) is 39.5 Å². The fraction of sp³-hybridized carbons (Fsp3) is 0.0909. The van der Waals surface area contributed by atoms with Crippen molar-refractivity contribution in [3.8, 4) is 0 Å². The Hall–Kier alpha value is -1.48. The number of aryl methyl sites for hydroxylation is 1. The largest absolute Gasteiger partial charge is 0.339 e.